The van der Waals surface area contributed by atoms with Crippen LogP contribution in [0.2, 0.25) is 5.02 Å². The molecule has 0 atom stereocenters. The first-order valence-electron chi connectivity index (χ1n) is 10.3. The summed E-state index contributed by atoms with van der Waals surface area (Å²) in [6.45, 7) is 4.94. The number of aliphatic imine (C=N–C) groups is 1. The number of nitrogens with zero attached hydrogens (tertiary/aromatic N) is 3. The van der Waals surface area contributed by atoms with Crippen LogP contribution in [-0.2, 0) is 10.2 Å². The molecule has 1 aromatic carbocycles. The molecule has 1 amide bonds. The van der Waals surface area contributed by atoms with Gasteiger partial charge in [0, 0.05) is 56.3 Å². The van der Waals surface area contributed by atoms with E-state index in [-0.39, 0.29) is 35.3 Å². The van der Waals surface area contributed by atoms with Gasteiger partial charge in [-0.3, -0.25) is 14.7 Å². The van der Waals surface area contributed by atoms with Gasteiger partial charge in [0.05, 0.1) is 6.54 Å². The zero-order valence-corrected chi connectivity index (χ0v) is 20.1. The van der Waals surface area contributed by atoms with E-state index in [0.717, 1.165) is 56.5 Å². The van der Waals surface area contributed by atoms with E-state index in [1.165, 1.54) is 18.4 Å². The summed E-state index contributed by atoms with van der Waals surface area (Å²) in [6, 6.07) is 8.66. The molecule has 2 saturated carbocycles. The van der Waals surface area contributed by atoms with Crippen LogP contribution in [0.15, 0.2) is 29.3 Å². The van der Waals surface area contributed by atoms with Crippen LogP contribution in [0.3, 0.4) is 0 Å². The molecule has 1 saturated heterocycles. The highest BCUT2D eigenvalue weighted by Gasteiger charge is 2.44. The van der Waals surface area contributed by atoms with Gasteiger partial charge < -0.3 is 15.5 Å². The van der Waals surface area contributed by atoms with E-state index in [2.05, 4.69) is 37.6 Å². The third-order valence-electron chi connectivity index (χ3n) is 6.07. The predicted octanol–water partition coefficient (Wildman–Crippen LogP) is 2.46. The van der Waals surface area contributed by atoms with Crippen molar-refractivity contribution in [2.75, 3.05) is 46.3 Å². The highest BCUT2D eigenvalue weighted by molar-refractivity contribution is 14.0. The second kappa shape index (κ2) is 9.83. The van der Waals surface area contributed by atoms with E-state index < -0.39 is 0 Å². The van der Waals surface area contributed by atoms with Gasteiger partial charge in [-0.05, 0) is 43.4 Å². The second-order valence-corrected chi connectivity index (χ2v) is 8.73. The molecular formula is C21H31ClIN5O. The minimum atomic E-state index is 0. The van der Waals surface area contributed by atoms with E-state index in [4.69, 9.17) is 11.6 Å². The second-order valence-electron chi connectivity index (χ2n) is 8.30. The van der Waals surface area contributed by atoms with Crippen molar-refractivity contribution in [2.24, 2.45) is 4.99 Å². The minimum Gasteiger partial charge on any atom is -0.355 e. The van der Waals surface area contributed by atoms with Crippen molar-refractivity contribution in [2.45, 2.75) is 37.1 Å². The predicted molar refractivity (Wildman–Crippen MR) is 128 cm³/mol. The Labute approximate surface area is 195 Å². The van der Waals surface area contributed by atoms with E-state index >= 15 is 0 Å². The molecule has 6 nitrogen and oxygen atoms in total. The van der Waals surface area contributed by atoms with Gasteiger partial charge in [-0.15, -0.1) is 24.0 Å². The van der Waals surface area contributed by atoms with Crippen molar-refractivity contribution in [3.8, 4) is 0 Å². The van der Waals surface area contributed by atoms with Crippen LogP contribution in [0.25, 0.3) is 0 Å². The summed E-state index contributed by atoms with van der Waals surface area (Å²) in [5.74, 6) is 1.12. The normalized spacial score (nSPS) is 21.3. The average Bonchev–Trinajstić information content (AvgIpc) is 3.60. The van der Waals surface area contributed by atoms with Crippen molar-refractivity contribution in [1.29, 1.82) is 0 Å². The van der Waals surface area contributed by atoms with E-state index in [9.17, 15) is 4.79 Å². The third-order valence-corrected chi connectivity index (χ3v) is 6.30. The molecule has 0 radical (unpaired) electrons. The van der Waals surface area contributed by atoms with Crippen LogP contribution in [0.4, 0.5) is 0 Å². The first kappa shape index (κ1) is 22.6. The van der Waals surface area contributed by atoms with Crippen LogP contribution in [-0.4, -0.2) is 74.0 Å². The lowest BCUT2D eigenvalue weighted by molar-refractivity contribution is -0.122. The molecular weight excluding hydrogens is 501 g/mol. The standard InChI is InChI=1S/C21H30ClN5O.HI/c1-23-20(24-15-21(7-8-21)16-3-2-4-17(22)13-16)27-11-9-26(10-12-27)14-19(28)25-18-5-6-18;/h2-4,13,18H,5-12,14-15H2,1H3,(H,23,24)(H,25,28);1H. The Morgan fingerprint density at radius 2 is 1.97 bits per heavy atom. The quantitative estimate of drug-likeness (QED) is 0.336. The summed E-state index contributed by atoms with van der Waals surface area (Å²) in [7, 11) is 1.84. The molecule has 8 heteroatoms. The van der Waals surface area contributed by atoms with Gasteiger partial charge in [0.25, 0.3) is 0 Å². The average molecular weight is 532 g/mol. The van der Waals surface area contributed by atoms with Crippen LogP contribution < -0.4 is 10.6 Å². The number of amides is 1. The molecule has 1 heterocycles. The number of guanidine groups is 1. The first-order chi connectivity index (χ1) is 13.6. The molecule has 1 aromatic rings. The van der Waals surface area contributed by atoms with Gasteiger partial charge in [-0.25, -0.2) is 0 Å². The number of rotatable bonds is 6. The summed E-state index contributed by atoms with van der Waals surface area (Å²) in [6.07, 6.45) is 4.64. The summed E-state index contributed by atoms with van der Waals surface area (Å²) in [4.78, 5) is 21.0. The molecule has 0 unspecified atom stereocenters. The lowest BCUT2D eigenvalue weighted by atomic mass is 9.96. The van der Waals surface area contributed by atoms with E-state index in [0.29, 0.717) is 12.6 Å². The van der Waals surface area contributed by atoms with Crippen molar-refractivity contribution in [3.05, 3.63) is 34.9 Å². The maximum absolute atomic E-state index is 12.0. The van der Waals surface area contributed by atoms with Crippen molar-refractivity contribution in [1.82, 2.24) is 20.4 Å². The molecule has 3 fully saturated rings. The Bertz CT molecular complexity index is 742. The van der Waals surface area contributed by atoms with Gasteiger partial charge in [-0.2, -0.15) is 0 Å². The maximum atomic E-state index is 12.0. The van der Waals surface area contributed by atoms with Gasteiger partial charge in [0.2, 0.25) is 5.91 Å². The van der Waals surface area contributed by atoms with Crippen LogP contribution in [0.1, 0.15) is 31.2 Å². The number of carbonyl (C=O) groups excluding carboxylic acids is 1. The first-order valence-corrected chi connectivity index (χ1v) is 10.7. The largest absolute Gasteiger partial charge is 0.355 e. The molecule has 160 valence electrons. The van der Waals surface area contributed by atoms with Gasteiger partial charge in [0.15, 0.2) is 5.96 Å². The number of benzene rings is 1. The number of carbonyl (C=O) groups is 1. The summed E-state index contributed by atoms with van der Waals surface area (Å²) in [5.41, 5.74) is 1.50. The lowest BCUT2D eigenvalue weighted by Crippen LogP contribution is -2.54. The Balaban J connectivity index is 0.00000240. The lowest BCUT2D eigenvalue weighted by Gasteiger charge is -2.36. The number of hydrogen-bond donors (Lipinski definition) is 2. The topological polar surface area (TPSA) is 60.0 Å². The molecule has 2 aliphatic carbocycles. The highest BCUT2D eigenvalue weighted by Crippen LogP contribution is 2.48. The minimum absolute atomic E-state index is 0. The summed E-state index contributed by atoms with van der Waals surface area (Å²) >= 11 is 6.19. The van der Waals surface area contributed by atoms with Crippen molar-refractivity contribution < 1.29 is 4.79 Å². The maximum Gasteiger partial charge on any atom is 0.234 e. The van der Waals surface area contributed by atoms with Crippen LogP contribution in [0.5, 0.6) is 0 Å². The monoisotopic (exact) mass is 531 g/mol. The molecule has 4 rings (SSSR count). The molecule has 29 heavy (non-hydrogen) atoms. The molecule has 0 spiro atoms. The Hall–Kier alpha value is -1.06. The number of nitrogens with one attached hydrogen (secondary N) is 2. The Morgan fingerprint density at radius 3 is 2.55 bits per heavy atom. The van der Waals surface area contributed by atoms with Crippen LogP contribution in [0, 0.1) is 0 Å². The highest BCUT2D eigenvalue weighted by atomic mass is 127. The summed E-state index contributed by atoms with van der Waals surface area (Å²) in [5, 5.41) is 7.46. The number of hydrogen-bond acceptors (Lipinski definition) is 3. The molecule has 1 aliphatic heterocycles. The molecule has 0 aromatic heterocycles. The Morgan fingerprint density at radius 1 is 1.24 bits per heavy atom. The zero-order valence-electron chi connectivity index (χ0n) is 17.0. The van der Waals surface area contributed by atoms with Crippen molar-refractivity contribution in [3.63, 3.8) is 0 Å². The van der Waals surface area contributed by atoms with Crippen LogP contribution >= 0.6 is 35.6 Å². The zero-order chi connectivity index (χ0) is 19.6. The van der Waals surface area contributed by atoms with Crippen molar-refractivity contribution >= 4 is 47.4 Å². The fraction of sp³-hybridized carbons (Fsp3) is 0.619. The fourth-order valence-corrected chi connectivity index (χ4v) is 4.13. The van der Waals surface area contributed by atoms with Gasteiger partial charge in [0.1, 0.15) is 0 Å². The summed E-state index contributed by atoms with van der Waals surface area (Å²) < 4.78 is 0. The third kappa shape index (κ3) is 5.98. The number of piperazine rings is 1. The van der Waals surface area contributed by atoms with Gasteiger partial charge in [-0.1, -0.05) is 23.7 Å². The molecule has 3 aliphatic rings. The van der Waals surface area contributed by atoms with Gasteiger partial charge >= 0.3 is 0 Å². The van der Waals surface area contributed by atoms with E-state index in [1.807, 2.05) is 19.2 Å². The SMILES string of the molecule is CN=C(NCC1(c2cccc(Cl)c2)CC1)N1CCN(CC(=O)NC2CC2)CC1.I. The number of halogens is 2. The van der Waals surface area contributed by atoms with E-state index in [1.54, 1.807) is 0 Å². The smallest absolute Gasteiger partial charge is 0.234 e. The molecule has 2 N–H and O–H groups in total. The Kier molecular flexibility index (Phi) is 7.67. The molecule has 0 bridgehead atoms. The fourth-order valence-electron chi connectivity index (χ4n) is 3.94.